The topological polar surface area (TPSA) is 70.1 Å². The summed E-state index contributed by atoms with van der Waals surface area (Å²) in [5.74, 6) is 0.138. The third-order valence-electron chi connectivity index (χ3n) is 6.02. The van der Waals surface area contributed by atoms with Crippen molar-refractivity contribution in [2.45, 2.75) is 50.7 Å². The van der Waals surface area contributed by atoms with Gasteiger partial charge in [0.25, 0.3) is 0 Å². The van der Waals surface area contributed by atoms with Crippen molar-refractivity contribution >= 4 is 34.6 Å². The number of hydrogen-bond donors (Lipinski definition) is 1. The highest BCUT2D eigenvalue weighted by atomic mass is 32.2. The number of hydrogen-bond acceptors (Lipinski definition) is 6. The van der Waals surface area contributed by atoms with Crippen LogP contribution in [0, 0.1) is 30.6 Å². The number of rotatable bonds is 3. The Balaban J connectivity index is 2.01. The molecule has 6 heteroatoms. The molecule has 1 aliphatic heterocycles. The van der Waals surface area contributed by atoms with Gasteiger partial charge >= 0.3 is 0 Å². The van der Waals surface area contributed by atoms with E-state index in [1.807, 2.05) is 42.3 Å². The Morgan fingerprint density at radius 1 is 1.23 bits per heavy atom. The molecule has 1 aliphatic carbocycles. The van der Waals surface area contributed by atoms with Gasteiger partial charge in [-0.3, -0.25) is 9.69 Å². The van der Waals surface area contributed by atoms with Crippen LogP contribution in [0.15, 0.2) is 57.2 Å². The third-order valence-corrected chi connectivity index (χ3v) is 8.24. The summed E-state index contributed by atoms with van der Waals surface area (Å²) in [6, 6.07) is 12.6. The van der Waals surface area contributed by atoms with Gasteiger partial charge in [0.1, 0.15) is 5.82 Å². The molecule has 0 saturated heterocycles. The number of ketones is 1. The van der Waals surface area contributed by atoms with E-state index in [1.54, 1.807) is 23.1 Å². The first-order valence-electron chi connectivity index (χ1n) is 10.3. The molecule has 1 aromatic heterocycles. The number of benzene rings is 1. The van der Waals surface area contributed by atoms with Gasteiger partial charge in [-0.05, 0) is 55.7 Å². The van der Waals surface area contributed by atoms with Gasteiger partial charge in [0.2, 0.25) is 0 Å². The lowest BCUT2D eigenvalue weighted by molar-refractivity contribution is -0.118. The second-order valence-electron chi connectivity index (χ2n) is 9.12. The van der Waals surface area contributed by atoms with Crippen LogP contribution >= 0.6 is 23.1 Å². The van der Waals surface area contributed by atoms with E-state index < -0.39 is 5.92 Å². The van der Waals surface area contributed by atoms with Gasteiger partial charge in [-0.1, -0.05) is 31.5 Å². The number of nitrogens with zero attached hydrogens (tertiary/aromatic N) is 2. The van der Waals surface area contributed by atoms with E-state index in [4.69, 9.17) is 5.73 Å². The van der Waals surface area contributed by atoms with Crippen LogP contribution in [0.5, 0.6) is 0 Å². The summed E-state index contributed by atoms with van der Waals surface area (Å²) in [5, 5.41) is 10.2. The fraction of sp³-hybridized carbons (Fsp3) is 0.360. The van der Waals surface area contributed by atoms with Crippen LogP contribution in [0.4, 0.5) is 5.69 Å². The second kappa shape index (κ2) is 7.89. The van der Waals surface area contributed by atoms with Crippen molar-refractivity contribution in [2.24, 2.45) is 11.1 Å². The van der Waals surface area contributed by atoms with Crippen LogP contribution in [0.25, 0.3) is 0 Å². The monoisotopic (exact) mass is 449 g/mol. The quantitative estimate of drug-likeness (QED) is 0.580. The minimum atomic E-state index is -0.405. The molecule has 0 radical (unpaired) electrons. The molecule has 0 fully saturated rings. The van der Waals surface area contributed by atoms with Gasteiger partial charge in [-0.25, -0.2) is 0 Å². The molecular formula is C25H27N3OS2. The van der Waals surface area contributed by atoms with E-state index >= 15 is 0 Å². The van der Waals surface area contributed by atoms with E-state index in [0.717, 1.165) is 38.7 Å². The number of aryl methyl sites for hydroxylation is 2. The molecule has 0 saturated carbocycles. The molecule has 1 unspecified atom stereocenters. The normalized spacial score (nSPS) is 20.7. The molecule has 0 bridgehead atoms. The number of thioether (sulfide) groups is 1. The van der Waals surface area contributed by atoms with Crippen LogP contribution in [0.3, 0.4) is 0 Å². The minimum Gasteiger partial charge on any atom is -0.384 e. The largest absolute Gasteiger partial charge is 0.384 e. The summed E-state index contributed by atoms with van der Waals surface area (Å²) in [6.45, 7) is 8.35. The molecule has 1 atom stereocenters. The van der Waals surface area contributed by atoms with E-state index in [1.165, 1.54) is 4.88 Å². The molecule has 4 rings (SSSR count). The van der Waals surface area contributed by atoms with Crippen molar-refractivity contribution in [3.63, 3.8) is 0 Å². The molecular weight excluding hydrogens is 422 g/mol. The maximum absolute atomic E-state index is 13.6. The summed E-state index contributed by atoms with van der Waals surface area (Å²) in [5.41, 5.74) is 11.7. The van der Waals surface area contributed by atoms with Gasteiger partial charge in [0.05, 0.1) is 21.8 Å². The Labute approximate surface area is 192 Å². The summed E-state index contributed by atoms with van der Waals surface area (Å²) in [7, 11) is 0. The maximum Gasteiger partial charge on any atom is 0.162 e. The molecule has 31 heavy (non-hydrogen) atoms. The van der Waals surface area contributed by atoms with Crippen molar-refractivity contribution in [3.8, 4) is 6.07 Å². The van der Waals surface area contributed by atoms with Crippen molar-refractivity contribution in [2.75, 3.05) is 11.2 Å². The zero-order valence-corrected chi connectivity index (χ0v) is 20.2. The Bertz CT molecular complexity index is 1160. The van der Waals surface area contributed by atoms with Crippen LogP contribution < -0.4 is 10.6 Å². The molecule has 0 amide bonds. The Hall–Kier alpha value is -2.49. The van der Waals surface area contributed by atoms with Gasteiger partial charge in [0, 0.05) is 28.3 Å². The van der Waals surface area contributed by atoms with E-state index in [9.17, 15) is 10.1 Å². The number of nitrogens with two attached hydrogens (primary N) is 1. The van der Waals surface area contributed by atoms with Crippen LogP contribution in [0.2, 0.25) is 0 Å². The molecule has 4 nitrogen and oxygen atoms in total. The smallest absolute Gasteiger partial charge is 0.162 e. The first-order valence-corrected chi connectivity index (χ1v) is 12.4. The zero-order valence-electron chi connectivity index (χ0n) is 18.6. The number of carbonyl (C=O) groups is 1. The number of thiophene rings is 1. The minimum absolute atomic E-state index is 0.115. The molecule has 2 aromatic rings. The van der Waals surface area contributed by atoms with E-state index in [2.05, 4.69) is 32.9 Å². The average molecular weight is 450 g/mol. The first-order chi connectivity index (χ1) is 14.7. The van der Waals surface area contributed by atoms with Crippen LogP contribution in [-0.4, -0.2) is 12.0 Å². The average Bonchev–Trinajstić information content (AvgIpc) is 3.07. The van der Waals surface area contributed by atoms with Gasteiger partial charge in [-0.2, -0.15) is 5.26 Å². The first kappa shape index (κ1) is 21.7. The maximum atomic E-state index is 13.6. The molecule has 160 valence electrons. The van der Waals surface area contributed by atoms with Crippen molar-refractivity contribution in [3.05, 3.63) is 69.0 Å². The predicted molar refractivity (Wildman–Crippen MR) is 129 cm³/mol. The van der Waals surface area contributed by atoms with Crippen molar-refractivity contribution < 1.29 is 4.79 Å². The summed E-state index contributed by atoms with van der Waals surface area (Å²) >= 11 is 3.36. The number of Topliss-reactive ketones (excluding diaryl/α,β-unsaturated/α-hetero) is 1. The second-order valence-corrected chi connectivity index (χ2v) is 11.5. The molecule has 2 aliphatic rings. The number of anilines is 1. The zero-order chi connectivity index (χ0) is 22.5. The van der Waals surface area contributed by atoms with E-state index in [0.29, 0.717) is 17.8 Å². The molecule has 1 aromatic carbocycles. The summed E-state index contributed by atoms with van der Waals surface area (Å²) < 4.78 is 1.14. The number of allylic oxidation sites excluding steroid dienone is 3. The fourth-order valence-corrected chi connectivity index (χ4v) is 6.59. The lowest BCUT2D eigenvalue weighted by atomic mass is 9.69. The molecule has 2 heterocycles. The molecule has 2 N–H and O–H groups in total. The lowest BCUT2D eigenvalue weighted by Gasteiger charge is -2.43. The van der Waals surface area contributed by atoms with Gasteiger partial charge in [0.15, 0.2) is 5.78 Å². The highest BCUT2D eigenvalue weighted by molar-refractivity contribution is 8.00. The van der Waals surface area contributed by atoms with Crippen LogP contribution in [-0.2, 0) is 4.79 Å². The highest BCUT2D eigenvalue weighted by Gasteiger charge is 2.45. The molecule has 0 spiro atoms. The van der Waals surface area contributed by atoms with Crippen molar-refractivity contribution in [1.82, 2.24) is 0 Å². The van der Waals surface area contributed by atoms with Gasteiger partial charge < -0.3 is 5.73 Å². The standard InChI is InChI=1S/C25H27N3OS2/c1-14-6-8-16(9-7-14)28-19-11-25(3,4)12-20(29)22(19)21(18(13-26)23(28)27)17-10-15(2)31-24(17)30-5/h6-10,21H,11-12,27H2,1-5H3. The van der Waals surface area contributed by atoms with Gasteiger partial charge in [-0.15, -0.1) is 23.1 Å². The van der Waals surface area contributed by atoms with Crippen LogP contribution in [0.1, 0.15) is 48.6 Å². The summed E-state index contributed by atoms with van der Waals surface area (Å²) in [6.07, 6.45) is 3.24. The Kier molecular flexibility index (Phi) is 5.53. The van der Waals surface area contributed by atoms with Crippen molar-refractivity contribution in [1.29, 1.82) is 5.26 Å². The SMILES string of the molecule is CSc1sc(C)cc1C1C(C#N)=C(N)N(c2ccc(C)cc2)C2=C1C(=O)CC(C)(C)C2. The predicted octanol–water partition coefficient (Wildman–Crippen LogP) is 6.03. The summed E-state index contributed by atoms with van der Waals surface area (Å²) in [4.78, 5) is 16.7. The fourth-order valence-electron chi connectivity index (χ4n) is 4.68. The lowest BCUT2D eigenvalue weighted by Crippen LogP contribution is -2.42. The van der Waals surface area contributed by atoms with E-state index in [-0.39, 0.29) is 11.2 Å². The number of nitriles is 1. The Morgan fingerprint density at radius 2 is 1.90 bits per heavy atom. The number of carbonyl (C=O) groups excluding carboxylic acids is 1. The highest BCUT2D eigenvalue weighted by Crippen LogP contribution is 2.52. The third kappa shape index (κ3) is 3.71. The Morgan fingerprint density at radius 3 is 2.52 bits per heavy atom.